The van der Waals surface area contributed by atoms with Crippen molar-refractivity contribution < 1.29 is 14.4 Å². The Balaban J connectivity index is 1.85. The number of carbonyl (C=O) groups excluding carboxylic acids is 3. The van der Waals surface area contributed by atoms with Gasteiger partial charge in [-0.25, -0.2) is 4.79 Å². The van der Waals surface area contributed by atoms with Gasteiger partial charge in [0.25, 0.3) is 0 Å². The first-order chi connectivity index (χ1) is 11.5. The molecule has 2 fully saturated rings. The Labute approximate surface area is 140 Å². The van der Waals surface area contributed by atoms with Crippen molar-refractivity contribution in [3.63, 3.8) is 0 Å². The van der Waals surface area contributed by atoms with Crippen molar-refractivity contribution in [2.24, 2.45) is 5.92 Å². The quantitative estimate of drug-likeness (QED) is 0.631. The molecule has 6 heteroatoms. The summed E-state index contributed by atoms with van der Waals surface area (Å²) in [5.74, 6) is -1.34. The first kappa shape index (κ1) is 16.2. The molecule has 0 N–H and O–H groups in total. The van der Waals surface area contributed by atoms with Crippen molar-refractivity contribution in [1.82, 2.24) is 9.80 Å². The number of imide groups is 2. The highest BCUT2D eigenvalue weighted by Crippen LogP contribution is 2.31. The molecular formula is C18H19N3O3. The van der Waals surface area contributed by atoms with Gasteiger partial charge in [-0.05, 0) is 30.4 Å². The average molecular weight is 325 g/mol. The Hall–Kier alpha value is -2.68. The zero-order valence-electron chi connectivity index (χ0n) is 13.6. The fraction of sp³-hybridized carbons (Fsp3) is 0.444. The molecule has 1 aromatic carbocycles. The zero-order valence-corrected chi connectivity index (χ0v) is 13.6. The van der Waals surface area contributed by atoms with Crippen LogP contribution in [0.4, 0.5) is 4.79 Å². The molecule has 2 atom stereocenters. The number of amides is 4. The van der Waals surface area contributed by atoms with Gasteiger partial charge in [0.1, 0.15) is 0 Å². The van der Waals surface area contributed by atoms with Crippen molar-refractivity contribution in [2.75, 3.05) is 0 Å². The molecule has 6 nitrogen and oxygen atoms in total. The molecule has 1 heterocycles. The van der Waals surface area contributed by atoms with E-state index in [-0.39, 0.29) is 18.5 Å². The predicted octanol–water partition coefficient (Wildman–Crippen LogP) is 2.43. The molecule has 4 amide bonds. The molecule has 1 aliphatic carbocycles. The maximum Gasteiger partial charge on any atom is 0.334 e. The van der Waals surface area contributed by atoms with Crippen molar-refractivity contribution in [3.8, 4) is 6.07 Å². The highest BCUT2D eigenvalue weighted by Gasteiger charge is 2.49. The van der Waals surface area contributed by atoms with E-state index in [0.29, 0.717) is 11.1 Å². The molecule has 0 spiro atoms. The van der Waals surface area contributed by atoms with Crippen LogP contribution in [0, 0.1) is 17.2 Å². The minimum atomic E-state index is -0.800. The number of carbonyl (C=O) groups is 3. The van der Waals surface area contributed by atoms with Gasteiger partial charge in [0.15, 0.2) is 0 Å². The Morgan fingerprint density at radius 2 is 1.83 bits per heavy atom. The van der Waals surface area contributed by atoms with Gasteiger partial charge >= 0.3 is 17.8 Å². The Kier molecular flexibility index (Phi) is 4.34. The molecule has 1 aliphatic heterocycles. The van der Waals surface area contributed by atoms with E-state index in [1.807, 2.05) is 13.0 Å². The summed E-state index contributed by atoms with van der Waals surface area (Å²) in [4.78, 5) is 39.5. The van der Waals surface area contributed by atoms with Crippen molar-refractivity contribution in [2.45, 2.75) is 45.2 Å². The van der Waals surface area contributed by atoms with Crippen LogP contribution in [0.2, 0.25) is 0 Å². The van der Waals surface area contributed by atoms with Crippen LogP contribution in [-0.2, 0) is 16.1 Å². The number of hydrogen-bond donors (Lipinski definition) is 0. The third-order valence-corrected chi connectivity index (χ3v) is 4.95. The smallest absolute Gasteiger partial charge is 0.263 e. The van der Waals surface area contributed by atoms with Gasteiger partial charge in [-0.1, -0.05) is 38.0 Å². The van der Waals surface area contributed by atoms with E-state index in [9.17, 15) is 14.4 Å². The molecule has 1 saturated carbocycles. The minimum absolute atomic E-state index is 0.0509. The van der Waals surface area contributed by atoms with Gasteiger partial charge in [-0.2, -0.15) is 5.26 Å². The van der Waals surface area contributed by atoms with Crippen LogP contribution >= 0.6 is 0 Å². The Morgan fingerprint density at radius 1 is 1.12 bits per heavy atom. The number of hydrogen-bond acceptors (Lipinski definition) is 4. The first-order valence-electron chi connectivity index (χ1n) is 8.21. The highest BCUT2D eigenvalue weighted by atomic mass is 16.2. The molecule has 0 radical (unpaired) electrons. The number of nitrogens with zero attached hydrogens (tertiary/aromatic N) is 3. The number of urea groups is 1. The molecule has 0 unspecified atom stereocenters. The highest BCUT2D eigenvalue weighted by molar-refractivity contribution is 6.44. The summed E-state index contributed by atoms with van der Waals surface area (Å²) in [5, 5.41) is 9.15. The molecule has 1 aromatic rings. The second kappa shape index (κ2) is 6.44. The Bertz CT molecular complexity index is 737. The van der Waals surface area contributed by atoms with Crippen LogP contribution in [0.15, 0.2) is 24.3 Å². The maximum absolute atomic E-state index is 12.7. The van der Waals surface area contributed by atoms with E-state index in [0.717, 1.165) is 35.5 Å². The summed E-state index contributed by atoms with van der Waals surface area (Å²) in [7, 11) is 0. The van der Waals surface area contributed by atoms with Gasteiger partial charge in [0.05, 0.1) is 18.2 Å². The summed E-state index contributed by atoms with van der Waals surface area (Å²) in [6.45, 7) is 1.97. The lowest BCUT2D eigenvalue weighted by atomic mass is 9.85. The van der Waals surface area contributed by atoms with Gasteiger partial charge in [-0.15, -0.1) is 0 Å². The number of rotatable bonds is 3. The van der Waals surface area contributed by atoms with Crippen molar-refractivity contribution >= 4 is 17.8 Å². The lowest BCUT2D eigenvalue weighted by Gasteiger charge is -2.34. The zero-order chi connectivity index (χ0) is 17.3. The second-order valence-corrected chi connectivity index (χ2v) is 6.45. The van der Waals surface area contributed by atoms with E-state index < -0.39 is 17.8 Å². The summed E-state index contributed by atoms with van der Waals surface area (Å²) >= 11 is 0. The second-order valence-electron chi connectivity index (χ2n) is 6.45. The summed E-state index contributed by atoms with van der Waals surface area (Å²) < 4.78 is 0. The Morgan fingerprint density at radius 3 is 2.54 bits per heavy atom. The van der Waals surface area contributed by atoms with Gasteiger partial charge in [0.2, 0.25) is 0 Å². The van der Waals surface area contributed by atoms with E-state index in [4.69, 9.17) is 5.26 Å². The molecule has 24 heavy (non-hydrogen) atoms. The molecule has 0 bridgehead atoms. The average Bonchev–Trinajstić information content (AvgIpc) is 2.80. The SMILES string of the molecule is C[C@@H]1CCCC[C@H]1N1C(=O)C(=O)N(Cc2ccccc2C#N)C1=O. The molecule has 0 aromatic heterocycles. The maximum atomic E-state index is 12.7. The summed E-state index contributed by atoms with van der Waals surface area (Å²) in [6.07, 6.45) is 3.74. The predicted molar refractivity (Wildman–Crippen MR) is 85.4 cm³/mol. The normalized spacial score (nSPS) is 24.4. The standard InChI is InChI=1S/C18H19N3O3/c1-12-6-2-5-9-15(12)21-17(23)16(22)20(18(21)24)11-14-8-4-3-7-13(14)10-19/h3-4,7-8,12,15H,2,5-6,9,11H2,1H3/t12-,15-/m1/s1. The monoisotopic (exact) mass is 325 g/mol. The van der Waals surface area contributed by atoms with Crippen LogP contribution in [0.5, 0.6) is 0 Å². The lowest BCUT2D eigenvalue weighted by Crippen LogP contribution is -2.46. The van der Waals surface area contributed by atoms with E-state index in [1.165, 1.54) is 0 Å². The topological polar surface area (TPSA) is 81.5 Å². The third kappa shape index (κ3) is 2.67. The van der Waals surface area contributed by atoms with Gasteiger partial charge in [-0.3, -0.25) is 19.4 Å². The first-order valence-corrected chi connectivity index (χ1v) is 8.21. The van der Waals surface area contributed by atoms with E-state index in [2.05, 4.69) is 0 Å². The van der Waals surface area contributed by atoms with Crippen LogP contribution in [0.3, 0.4) is 0 Å². The summed E-state index contributed by atoms with van der Waals surface area (Å²) in [5.41, 5.74) is 0.961. The van der Waals surface area contributed by atoms with E-state index >= 15 is 0 Å². The number of benzene rings is 1. The van der Waals surface area contributed by atoms with Gasteiger partial charge < -0.3 is 0 Å². The van der Waals surface area contributed by atoms with E-state index in [1.54, 1.807) is 24.3 Å². The molecule has 2 aliphatic rings. The van der Waals surface area contributed by atoms with Crippen LogP contribution in [0.1, 0.15) is 43.7 Å². The van der Waals surface area contributed by atoms with Crippen molar-refractivity contribution in [3.05, 3.63) is 35.4 Å². The fourth-order valence-electron chi connectivity index (χ4n) is 3.57. The number of nitriles is 1. The van der Waals surface area contributed by atoms with Crippen LogP contribution in [0.25, 0.3) is 0 Å². The minimum Gasteiger partial charge on any atom is -0.263 e. The largest absolute Gasteiger partial charge is 0.334 e. The van der Waals surface area contributed by atoms with Crippen LogP contribution in [-0.4, -0.2) is 33.7 Å². The van der Waals surface area contributed by atoms with Crippen molar-refractivity contribution in [1.29, 1.82) is 5.26 Å². The molecular weight excluding hydrogens is 306 g/mol. The molecule has 3 rings (SSSR count). The molecule has 1 saturated heterocycles. The van der Waals surface area contributed by atoms with Gasteiger partial charge in [0, 0.05) is 6.04 Å². The van der Waals surface area contributed by atoms with Crippen LogP contribution < -0.4 is 0 Å². The fourth-order valence-corrected chi connectivity index (χ4v) is 3.57. The summed E-state index contributed by atoms with van der Waals surface area (Å²) in [6, 6.07) is 8.05. The molecule has 124 valence electrons. The lowest BCUT2D eigenvalue weighted by molar-refractivity contribution is -0.144. The third-order valence-electron chi connectivity index (χ3n) is 4.95.